The Bertz CT molecular complexity index is 385. The van der Waals surface area contributed by atoms with Crippen LogP contribution in [0.4, 0.5) is 0 Å². The van der Waals surface area contributed by atoms with E-state index in [1.54, 1.807) is 0 Å². The van der Waals surface area contributed by atoms with Gasteiger partial charge >= 0.3 is 0 Å². The normalized spacial score (nSPS) is 5.71. The summed E-state index contributed by atoms with van der Waals surface area (Å²) in [7, 11) is 0. The first-order chi connectivity index (χ1) is 10.2. The second kappa shape index (κ2) is 30.0. The molecule has 0 saturated heterocycles. The molecule has 0 amide bonds. The lowest BCUT2D eigenvalue weighted by Gasteiger charge is -1.69. The number of nitrogens with one attached hydrogen (secondary N) is 3. The molecule has 108 valence electrons. The molecule has 6 nitrogen and oxygen atoms in total. The Kier molecular flexibility index (Phi) is 32.5. The van der Waals surface area contributed by atoms with Gasteiger partial charge in [0.1, 0.15) is 0 Å². The molecule has 2 aromatic carbocycles. The molecular weight excluding hydrogens is 270 g/mol. The minimum absolute atomic E-state index is 0.750. The topological polar surface area (TPSA) is 123 Å². The molecule has 0 atom stereocenters. The number of isocyanates is 3. The average molecular weight is 285 g/mol. The molecule has 0 radical (unpaired) electrons. The summed E-state index contributed by atoms with van der Waals surface area (Å²) in [6, 6.07) is 24.0. The third kappa shape index (κ3) is 47.9. The van der Waals surface area contributed by atoms with Crippen LogP contribution in [0.25, 0.3) is 0 Å². The lowest BCUT2D eigenvalue weighted by Crippen LogP contribution is -1.47. The number of rotatable bonds is 0. The van der Waals surface area contributed by atoms with Crippen LogP contribution >= 0.6 is 0 Å². The van der Waals surface area contributed by atoms with E-state index in [-0.39, 0.29) is 0 Å². The molecule has 3 N–H and O–H groups in total. The minimum Gasteiger partial charge on any atom is -0.222 e. The highest BCUT2D eigenvalue weighted by Gasteiger charge is 1.58. The van der Waals surface area contributed by atoms with Crippen LogP contribution in [0.2, 0.25) is 0 Å². The number of benzene rings is 2. The zero-order chi connectivity index (χ0) is 16.6. The summed E-state index contributed by atoms with van der Waals surface area (Å²) < 4.78 is 0. The summed E-state index contributed by atoms with van der Waals surface area (Å²) in [4.78, 5) is 25.0. The summed E-state index contributed by atoms with van der Waals surface area (Å²) in [5, 5.41) is 16.2. The van der Waals surface area contributed by atoms with Gasteiger partial charge in [-0.25, -0.2) is 30.6 Å². The molecule has 0 spiro atoms. The second-order valence-electron chi connectivity index (χ2n) is 2.62. The van der Waals surface area contributed by atoms with Gasteiger partial charge in [0.2, 0.25) is 18.2 Å². The van der Waals surface area contributed by atoms with Crippen molar-refractivity contribution in [2.75, 3.05) is 0 Å². The fourth-order valence-electron chi connectivity index (χ4n) is 0.770. The van der Waals surface area contributed by atoms with Crippen molar-refractivity contribution in [2.24, 2.45) is 0 Å². The van der Waals surface area contributed by atoms with Crippen molar-refractivity contribution in [2.45, 2.75) is 0 Å². The molecule has 0 aliphatic rings. The van der Waals surface area contributed by atoms with Gasteiger partial charge < -0.3 is 0 Å². The summed E-state index contributed by atoms with van der Waals surface area (Å²) >= 11 is 0. The van der Waals surface area contributed by atoms with Crippen LogP contribution in [0.3, 0.4) is 0 Å². The average Bonchev–Trinajstić information content (AvgIpc) is 2.54. The van der Waals surface area contributed by atoms with Crippen molar-refractivity contribution >= 4 is 18.2 Å². The van der Waals surface area contributed by atoms with Crippen molar-refractivity contribution in [3.63, 3.8) is 0 Å². The van der Waals surface area contributed by atoms with Gasteiger partial charge in [0.05, 0.1) is 0 Å². The van der Waals surface area contributed by atoms with Gasteiger partial charge in [-0.3, -0.25) is 0 Å². The molecular formula is C15H15N3O3. The molecule has 0 aliphatic carbocycles. The maximum Gasteiger partial charge on any atom is 0.231 e. The van der Waals surface area contributed by atoms with Crippen LogP contribution in [0.5, 0.6) is 0 Å². The van der Waals surface area contributed by atoms with Gasteiger partial charge in [0.25, 0.3) is 0 Å². The Balaban J connectivity index is -0.000000204. The molecule has 0 heterocycles. The first kappa shape index (κ1) is 22.7. The molecule has 2 rings (SSSR count). The first-order valence-electron chi connectivity index (χ1n) is 5.36. The van der Waals surface area contributed by atoms with Crippen LogP contribution in [-0.4, -0.2) is 18.2 Å². The number of hydrogen-bond donors (Lipinski definition) is 3. The minimum atomic E-state index is 0.750. The van der Waals surface area contributed by atoms with E-state index in [9.17, 15) is 0 Å². The largest absolute Gasteiger partial charge is 0.231 e. The molecule has 0 bridgehead atoms. The summed E-state index contributed by atoms with van der Waals surface area (Å²) in [5.41, 5.74) is 0. The molecule has 21 heavy (non-hydrogen) atoms. The van der Waals surface area contributed by atoms with Crippen molar-refractivity contribution in [3.05, 3.63) is 72.8 Å². The maximum atomic E-state index is 8.35. The Hall–Kier alpha value is -3.42. The van der Waals surface area contributed by atoms with Crippen LogP contribution in [0, 0.1) is 16.2 Å². The highest BCUT2D eigenvalue weighted by molar-refractivity contribution is 5.26. The highest BCUT2D eigenvalue weighted by Crippen LogP contribution is 1.80. The van der Waals surface area contributed by atoms with Gasteiger partial charge in [-0.15, -0.1) is 0 Å². The first-order valence-corrected chi connectivity index (χ1v) is 5.36. The third-order valence-electron chi connectivity index (χ3n) is 1.33. The quantitative estimate of drug-likeness (QED) is 0.509. The van der Waals surface area contributed by atoms with Crippen LogP contribution in [0.1, 0.15) is 0 Å². The SMILES string of the molecule is N=C=O.N=C=O.N=C=O.c1ccccc1.c1ccccc1. The van der Waals surface area contributed by atoms with E-state index in [2.05, 4.69) is 0 Å². The fourth-order valence-corrected chi connectivity index (χ4v) is 0.770. The van der Waals surface area contributed by atoms with Crippen molar-refractivity contribution in [3.8, 4) is 0 Å². The van der Waals surface area contributed by atoms with Crippen molar-refractivity contribution in [1.82, 2.24) is 0 Å². The summed E-state index contributed by atoms with van der Waals surface area (Å²) in [5.74, 6) is 0. The highest BCUT2D eigenvalue weighted by atomic mass is 16.1. The predicted octanol–water partition coefficient (Wildman–Crippen LogP) is 3.08. The van der Waals surface area contributed by atoms with Gasteiger partial charge in [-0.2, -0.15) is 0 Å². The Morgan fingerprint density at radius 1 is 0.381 bits per heavy atom. The van der Waals surface area contributed by atoms with Crippen molar-refractivity contribution in [1.29, 1.82) is 16.2 Å². The lowest BCUT2D eigenvalue weighted by molar-refractivity contribution is 0.562. The number of carbonyl (C=O) groups excluding carboxylic acids is 3. The molecule has 0 saturated carbocycles. The van der Waals surface area contributed by atoms with Crippen LogP contribution in [-0.2, 0) is 14.4 Å². The molecule has 6 heteroatoms. The van der Waals surface area contributed by atoms with E-state index >= 15 is 0 Å². The van der Waals surface area contributed by atoms with Crippen molar-refractivity contribution < 1.29 is 14.4 Å². The maximum absolute atomic E-state index is 8.35. The second-order valence-corrected chi connectivity index (χ2v) is 2.62. The van der Waals surface area contributed by atoms with Crippen LogP contribution in [0.15, 0.2) is 72.8 Å². The smallest absolute Gasteiger partial charge is 0.222 e. The Morgan fingerprint density at radius 2 is 0.429 bits per heavy atom. The van der Waals surface area contributed by atoms with E-state index in [1.165, 1.54) is 0 Å². The monoisotopic (exact) mass is 285 g/mol. The van der Waals surface area contributed by atoms with Gasteiger partial charge in [0, 0.05) is 0 Å². The zero-order valence-corrected chi connectivity index (χ0v) is 11.2. The fraction of sp³-hybridized carbons (Fsp3) is 0. The van der Waals surface area contributed by atoms with Gasteiger partial charge in [-0.1, -0.05) is 72.8 Å². The summed E-state index contributed by atoms with van der Waals surface area (Å²) in [6.45, 7) is 0. The molecule has 0 aromatic heterocycles. The molecule has 0 aliphatic heterocycles. The van der Waals surface area contributed by atoms with E-state index in [0.717, 1.165) is 18.2 Å². The summed E-state index contributed by atoms with van der Waals surface area (Å²) in [6.07, 6.45) is 2.25. The standard InChI is InChI=1S/2C6H6.3CHNO/c2*1-2-4-6-5-3-1;3*2-1-3/h2*1-6H;3*2H. The van der Waals surface area contributed by atoms with E-state index < -0.39 is 0 Å². The predicted molar refractivity (Wildman–Crippen MR) is 78.1 cm³/mol. The third-order valence-corrected chi connectivity index (χ3v) is 1.33. The Morgan fingerprint density at radius 3 is 0.476 bits per heavy atom. The van der Waals surface area contributed by atoms with Gasteiger partial charge in [-0.05, 0) is 0 Å². The molecule has 2 aromatic rings. The molecule has 0 unspecified atom stereocenters. The van der Waals surface area contributed by atoms with E-state index in [4.69, 9.17) is 30.6 Å². The van der Waals surface area contributed by atoms with E-state index in [0.29, 0.717) is 0 Å². The van der Waals surface area contributed by atoms with E-state index in [1.807, 2.05) is 72.8 Å². The molecule has 0 fully saturated rings. The Labute approximate surface area is 122 Å². The lowest BCUT2D eigenvalue weighted by atomic mass is 10.4. The van der Waals surface area contributed by atoms with Crippen LogP contribution < -0.4 is 0 Å². The number of hydrogen-bond acceptors (Lipinski definition) is 6. The van der Waals surface area contributed by atoms with Gasteiger partial charge in [0.15, 0.2) is 0 Å². The zero-order valence-electron chi connectivity index (χ0n) is 11.2.